The van der Waals surface area contributed by atoms with E-state index in [1.165, 1.54) is 27.8 Å². The number of rotatable bonds is 3. The second kappa shape index (κ2) is 6.68. The molecule has 0 saturated heterocycles. The fraction of sp³-hybridized carbons (Fsp3) is 0.300. The van der Waals surface area contributed by atoms with E-state index in [0.29, 0.717) is 0 Å². The van der Waals surface area contributed by atoms with Gasteiger partial charge in [0.25, 0.3) is 0 Å². The number of nitrogens with zero attached hydrogens (tertiary/aromatic N) is 1. The number of aryl methyl sites for hydroxylation is 1. The molecule has 0 unspecified atom stereocenters. The maximum absolute atomic E-state index is 6.47. The number of fused-ring (bicyclic) bond motifs is 2. The molecule has 0 fully saturated rings. The first-order valence-electron chi connectivity index (χ1n) is 7.88. The average molecular weight is 312 g/mol. The van der Waals surface area contributed by atoms with E-state index in [1.54, 1.807) is 0 Å². The molecule has 22 heavy (non-hydrogen) atoms. The maximum Gasteiger partial charge on any atom is 0.0444 e. The highest BCUT2D eigenvalue weighted by atomic mass is 35.5. The van der Waals surface area contributed by atoms with Gasteiger partial charge in [-0.1, -0.05) is 54.1 Å². The fourth-order valence-corrected chi connectivity index (χ4v) is 3.43. The van der Waals surface area contributed by atoms with E-state index < -0.39 is 0 Å². The summed E-state index contributed by atoms with van der Waals surface area (Å²) < 4.78 is 0. The van der Waals surface area contributed by atoms with Crippen LogP contribution < -0.4 is 0 Å². The Kier molecular flexibility index (Phi) is 4.66. The Balaban J connectivity index is 2.11. The van der Waals surface area contributed by atoms with Crippen LogP contribution in [-0.2, 0) is 12.8 Å². The van der Waals surface area contributed by atoms with Gasteiger partial charge in [-0.15, -0.1) is 0 Å². The van der Waals surface area contributed by atoms with Crippen molar-refractivity contribution >= 4 is 17.2 Å². The van der Waals surface area contributed by atoms with Crippen molar-refractivity contribution in [1.82, 2.24) is 4.90 Å². The van der Waals surface area contributed by atoms with E-state index in [9.17, 15) is 0 Å². The first-order valence-corrected chi connectivity index (χ1v) is 8.25. The molecule has 1 aliphatic carbocycles. The van der Waals surface area contributed by atoms with Crippen LogP contribution in [-0.4, -0.2) is 25.5 Å². The molecule has 2 aromatic carbocycles. The van der Waals surface area contributed by atoms with Crippen LogP contribution >= 0.6 is 11.6 Å². The molecule has 0 aromatic heterocycles. The standard InChI is InChI=1S/C20H22ClN/c1-22(2)14-6-10-17-16-8-4-3-7-15(16)12-13-19-18(17)9-5-11-20(19)21/h3-5,7-11H,6,12-14H2,1-2H3/b17-10-. The third-order valence-electron chi connectivity index (χ3n) is 4.29. The molecule has 0 N–H and O–H groups in total. The Bertz CT molecular complexity index is 701. The molecule has 0 aliphatic heterocycles. The Hall–Kier alpha value is -1.57. The predicted octanol–water partition coefficient (Wildman–Crippen LogP) is 4.82. The number of hydrogen-bond donors (Lipinski definition) is 0. The van der Waals surface area contributed by atoms with Gasteiger partial charge >= 0.3 is 0 Å². The van der Waals surface area contributed by atoms with E-state index in [0.717, 1.165) is 30.8 Å². The smallest absolute Gasteiger partial charge is 0.0444 e. The second-order valence-electron chi connectivity index (χ2n) is 6.13. The molecular weight excluding hydrogens is 290 g/mol. The average Bonchev–Trinajstić information content (AvgIpc) is 2.66. The molecule has 0 heterocycles. The Morgan fingerprint density at radius 1 is 1.00 bits per heavy atom. The summed E-state index contributed by atoms with van der Waals surface area (Å²) in [4.78, 5) is 2.22. The van der Waals surface area contributed by atoms with Crippen molar-refractivity contribution in [3.8, 4) is 0 Å². The summed E-state index contributed by atoms with van der Waals surface area (Å²) in [5, 5.41) is 0.892. The van der Waals surface area contributed by atoms with Gasteiger partial charge < -0.3 is 4.90 Å². The van der Waals surface area contributed by atoms with Crippen LogP contribution in [0.4, 0.5) is 0 Å². The Morgan fingerprint density at radius 3 is 2.59 bits per heavy atom. The van der Waals surface area contributed by atoms with Crippen LogP contribution in [0.1, 0.15) is 28.7 Å². The molecule has 3 rings (SSSR count). The molecule has 0 amide bonds. The first kappa shape index (κ1) is 15.3. The van der Waals surface area contributed by atoms with Gasteiger partial charge in [0.15, 0.2) is 0 Å². The topological polar surface area (TPSA) is 3.24 Å². The molecule has 0 spiro atoms. The van der Waals surface area contributed by atoms with Gasteiger partial charge in [-0.2, -0.15) is 0 Å². The number of hydrogen-bond acceptors (Lipinski definition) is 1. The molecule has 2 heteroatoms. The van der Waals surface area contributed by atoms with Crippen LogP contribution in [0.25, 0.3) is 5.57 Å². The fourth-order valence-electron chi connectivity index (χ4n) is 3.16. The third-order valence-corrected chi connectivity index (χ3v) is 4.64. The molecule has 114 valence electrons. The summed E-state index contributed by atoms with van der Waals surface area (Å²) in [5.41, 5.74) is 6.72. The van der Waals surface area contributed by atoms with Gasteiger partial charge in [-0.3, -0.25) is 0 Å². The zero-order valence-electron chi connectivity index (χ0n) is 13.3. The minimum Gasteiger partial charge on any atom is -0.309 e. The molecule has 2 aromatic rings. The summed E-state index contributed by atoms with van der Waals surface area (Å²) >= 11 is 6.47. The van der Waals surface area contributed by atoms with E-state index >= 15 is 0 Å². The van der Waals surface area contributed by atoms with E-state index in [-0.39, 0.29) is 0 Å². The van der Waals surface area contributed by atoms with Crippen molar-refractivity contribution in [1.29, 1.82) is 0 Å². The summed E-state index contributed by atoms with van der Waals surface area (Å²) in [6.07, 6.45) is 5.48. The van der Waals surface area contributed by atoms with Gasteiger partial charge in [0.1, 0.15) is 0 Å². The molecule has 1 nitrogen and oxygen atoms in total. The van der Waals surface area contributed by atoms with Crippen molar-refractivity contribution < 1.29 is 0 Å². The van der Waals surface area contributed by atoms with Gasteiger partial charge in [0, 0.05) is 11.6 Å². The number of benzene rings is 2. The highest BCUT2D eigenvalue weighted by molar-refractivity contribution is 6.31. The molecule has 0 bridgehead atoms. The van der Waals surface area contributed by atoms with Gasteiger partial charge in [-0.25, -0.2) is 0 Å². The van der Waals surface area contributed by atoms with E-state index in [4.69, 9.17) is 11.6 Å². The van der Waals surface area contributed by atoms with Crippen molar-refractivity contribution in [2.75, 3.05) is 20.6 Å². The molecule has 0 saturated carbocycles. The zero-order valence-corrected chi connectivity index (χ0v) is 14.0. The van der Waals surface area contributed by atoms with Crippen LogP contribution in [0.15, 0.2) is 48.5 Å². The van der Waals surface area contributed by atoms with Crippen LogP contribution in [0.2, 0.25) is 5.02 Å². The van der Waals surface area contributed by atoms with Crippen LogP contribution in [0.5, 0.6) is 0 Å². The SMILES string of the molecule is CN(C)CC/C=C1/c2ccccc2CCc2c(Cl)cccc21. The summed E-state index contributed by atoms with van der Waals surface area (Å²) in [5.74, 6) is 0. The molecule has 1 aliphatic rings. The van der Waals surface area contributed by atoms with Crippen LogP contribution in [0.3, 0.4) is 0 Å². The molecule has 0 radical (unpaired) electrons. The lowest BCUT2D eigenvalue weighted by molar-refractivity contribution is 0.417. The van der Waals surface area contributed by atoms with Crippen molar-refractivity contribution in [2.45, 2.75) is 19.3 Å². The lowest BCUT2D eigenvalue weighted by Gasteiger charge is -2.14. The molecule has 0 atom stereocenters. The normalized spacial score (nSPS) is 15.5. The van der Waals surface area contributed by atoms with Gasteiger partial charge in [0.05, 0.1) is 0 Å². The van der Waals surface area contributed by atoms with Crippen molar-refractivity contribution in [3.05, 3.63) is 75.8 Å². The lowest BCUT2D eigenvalue weighted by atomic mass is 9.93. The van der Waals surface area contributed by atoms with Crippen LogP contribution in [0, 0.1) is 0 Å². The lowest BCUT2D eigenvalue weighted by Crippen LogP contribution is -2.12. The first-order chi connectivity index (χ1) is 10.7. The Labute approximate surface area is 138 Å². The van der Waals surface area contributed by atoms with E-state index in [1.807, 2.05) is 6.07 Å². The summed E-state index contributed by atoms with van der Waals surface area (Å²) in [6.45, 7) is 1.06. The second-order valence-corrected chi connectivity index (χ2v) is 6.54. The highest BCUT2D eigenvalue weighted by Gasteiger charge is 2.19. The zero-order chi connectivity index (χ0) is 15.5. The van der Waals surface area contributed by atoms with Crippen molar-refractivity contribution in [3.63, 3.8) is 0 Å². The van der Waals surface area contributed by atoms with Gasteiger partial charge in [0.2, 0.25) is 0 Å². The highest BCUT2D eigenvalue weighted by Crippen LogP contribution is 2.36. The molecular formula is C20H22ClN. The van der Waals surface area contributed by atoms with Crippen molar-refractivity contribution in [2.24, 2.45) is 0 Å². The largest absolute Gasteiger partial charge is 0.309 e. The minimum absolute atomic E-state index is 0.892. The van der Waals surface area contributed by atoms with E-state index in [2.05, 4.69) is 61.5 Å². The van der Waals surface area contributed by atoms with Gasteiger partial charge in [-0.05, 0) is 67.3 Å². The Morgan fingerprint density at radius 2 is 1.77 bits per heavy atom. The third kappa shape index (κ3) is 3.11. The minimum atomic E-state index is 0.892. The monoisotopic (exact) mass is 311 g/mol. The summed E-state index contributed by atoms with van der Waals surface area (Å²) in [6, 6.07) is 15.0. The quantitative estimate of drug-likeness (QED) is 0.785. The predicted molar refractivity (Wildman–Crippen MR) is 95.6 cm³/mol. The number of halogens is 1. The maximum atomic E-state index is 6.47. The summed E-state index contributed by atoms with van der Waals surface area (Å²) in [7, 11) is 4.23.